The van der Waals surface area contributed by atoms with Crippen LogP contribution in [0.4, 0.5) is 4.79 Å². The summed E-state index contributed by atoms with van der Waals surface area (Å²) in [6.45, 7) is 4.44. The average molecular weight is 416 g/mol. The van der Waals surface area contributed by atoms with Crippen LogP contribution in [0.1, 0.15) is 49.8 Å². The molecule has 4 nitrogen and oxygen atoms in total. The van der Waals surface area contributed by atoms with Crippen molar-refractivity contribution in [2.75, 3.05) is 7.11 Å². The zero-order valence-corrected chi connectivity index (χ0v) is 18.2. The fourth-order valence-corrected chi connectivity index (χ4v) is 4.44. The van der Waals surface area contributed by atoms with Crippen molar-refractivity contribution in [2.24, 2.45) is 5.92 Å². The van der Waals surface area contributed by atoms with Gasteiger partial charge in [-0.15, -0.1) is 0 Å². The number of hydrogen-bond donors (Lipinski definition) is 1. The number of methoxy groups -OCH3 is 1. The standard InChI is InChI=1S/C24H30ClNO3/c1-24(2,29-23(27)26-16-17-8-5-4-6-9-17)15-18-10-7-11-19-13-21(25)22(28-3)14-20(19)12-18/h4-6,8-9,13-14,18H,7,10-12,15-16H2,1-3H3,(H,26,27). The van der Waals surface area contributed by atoms with Crippen LogP contribution in [0.25, 0.3) is 0 Å². The lowest BCUT2D eigenvalue weighted by Gasteiger charge is -2.29. The molecular weight excluding hydrogens is 386 g/mol. The average Bonchev–Trinajstić information content (AvgIpc) is 2.86. The van der Waals surface area contributed by atoms with Crippen LogP contribution in [-0.4, -0.2) is 18.8 Å². The van der Waals surface area contributed by atoms with Crippen molar-refractivity contribution < 1.29 is 14.3 Å². The van der Waals surface area contributed by atoms with Gasteiger partial charge in [0, 0.05) is 6.54 Å². The van der Waals surface area contributed by atoms with E-state index in [4.69, 9.17) is 21.1 Å². The molecule has 5 heteroatoms. The van der Waals surface area contributed by atoms with Gasteiger partial charge in [-0.3, -0.25) is 0 Å². The van der Waals surface area contributed by atoms with Gasteiger partial charge >= 0.3 is 6.09 Å². The van der Waals surface area contributed by atoms with Crippen LogP contribution in [0.3, 0.4) is 0 Å². The first kappa shape index (κ1) is 21.5. The highest BCUT2D eigenvalue weighted by Crippen LogP contribution is 2.36. The highest BCUT2D eigenvalue weighted by molar-refractivity contribution is 6.32. The van der Waals surface area contributed by atoms with Gasteiger partial charge in [-0.2, -0.15) is 0 Å². The summed E-state index contributed by atoms with van der Waals surface area (Å²) < 4.78 is 11.2. The van der Waals surface area contributed by atoms with E-state index in [-0.39, 0.29) is 6.09 Å². The molecule has 0 bridgehead atoms. The van der Waals surface area contributed by atoms with Gasteiger partial charge in [-0.05, 0) is 80.7 Å². The summed E-state index contributed by atoms with van der Waals surface area (Å²) in [7, 11) is 1.65. The molecular formula is C24H30ClNO3. The third-order valence-corrected chi connectivity index (χ3v) is 5.77. The molecule has 1 unspecified atom stereocenters. The van der Waals surface area contributed by atoms with Crippen LogP contribution in [0, 0.1) is 5.92 Å². The summed E-state index contributed by atoms with van der Waals surface area (Å²) in [5, 5.41) is 3.52. The van der Waals surface area contributed by atoms with Crippen molar-refractivity contribution in [1.29, 1.82) is 0 Å². The van der Waals surface area contributed by atoms with Gasteiger partial charge in [0.15, 0.2) is 0 Å². The molecule has 1 aliphatic carbocycles. The van der Waals surface area contributed by atoms with E-state index in [1.165, 1.54) is 11.1 Å². The maximum atomic E-state index is 12.3. The Morgan fingerprint density at radius 2 is 1.97 bits per heavy atom. The number of halogens is 1. The summed E-state index contributed by atoms with van der Waals surface area (Å²) in [6, 6.07) is 13.9. The summed E-state index contributed by atoms with van der Waals surface area (Å²) >= 11 is 6.30. The van der Waals surface area contributed by atoms with Crippen LogP contribution in [0.2, 0.25) is 5.02 Å². The van der Waals surface area contributed by atoms with Gasteiger partial charge in [0.25, 0.3) is 0 Å². The minimum absolute atomic E-state index is 0.374. The van der Waals surface area contributed by atoms with Crippen molar-refractivity contribution >= 4 is 17.7 Å². The number of carbonyl (C=O) groups excluding carboxylic acids is 1. The molecule has 0 heterocycles. The van der Waals surface area contributed by atoms with E-state index in [2.05, 4.69) is 11.4 Å². The topological polar surface area (TPSA) is 47.6 Å². The minimum Gasteiger partial charge on any atom is -0.495 e. The quantitative estimate of drug-likeness (QED) is 0.594. The molecule has 29 heavy (non-hydrogen) atoms. The molecule has 0 saturated heterocycles. The lowest BCUT2D eigenvalue weighted by Crippen LogP contribution is -2.36. The van der Waals surface area contributed by atoms with Crippen molar-refractivity contribution in [3.05, 3.63) is 64.2 Å². The third-order valence-electron chi connectivity index (χ3n) is 5.47. The fourth-order valence-electron chi connectivity index (χ4n) is 4.18. The van der Waals surface area contributed by atoms with Crippen molar-refractivity contribution in [3.63, 3.8) is 0 Å². The third kappa shape index (κ3) is 6.14. The summed E-state index contributed by atoms with van der Waals surface area (Å²) in [4.78, 5) is 12.3. The number of fused-ring (bicyclic) bond motifs is 1. The molecule has 0 spiro atoms. The number of carbonyl (C=O) groups is 1. The lowest BCUT2D eigenvalue weighted by atomic mass is 9.86. The van der Waals surface area contributed by atoms with Crippen LogP contribution < -0.4 is 10.1 Å². The summed E-state index contributed by atoms with van der Waals surface area (Å²) in [6.07, 6.45) is 4.62. The van der Waals surface area contributed by atoms with Crippen molar-refractivity contribution in [2.45, 2.75) is 58.1 Å². The molecule has 0 saturated carbocycles. The zero-order valence-electron chi connectivity index (χ0n) is 17.5. The first-order chi connectivity index (χ1) is 13.9. The molecule has 0 fully saturated rings. The fraction of sp³-hybridized carbons (Fsp3) is 0.458. The van der Waals surface area contributed by atoms with Crippen LogP contribution in [0.15, 0.2) is 42.5 Å². The Labute approximate surface area is 178 Å². The van der Waals surface area contributed by atoms with E-state index in [1.807, 2.05) is 50.2 Å². The largest absolute Gasteiger partial charge is 0.495 e. The Kier molecular flexibility index (Phi) is 7.07. The molecule has 3 rings (SSSR count). The SMILES string of the molecule is COc1cc2c(cc1Cl)CCCC(CC(C)(C)OC(=O)NCc1ccccc1)C2. The smallest absolute Gasteiger partial charge is 0.407 e. The summed E-state index contributed by atoms with van der Waals surface area (Å²) in [5.74, 6) is 1.17. The van der Waals surface area contributed by atoms with Crippen LogP contribution in [0.5, 0.6) is 5.75 Å². The Bertz CT molecular complexity index is 836. The number of amides is 1. The molecule has 1 aliphatic rings. The molecule has 0 aliphatic heterocycles. The second-order valence-corrected chi connectivity index (χ2v) is 8.82. The number of rotatable bonds is 6. The van der Waals surface area contributed by atoms with Crippen LogP contribution >= 0.6 is 11.6 Å². The molecule has 1 N–H and O–H groups in total. The van der Waals surface area contributed by atoms with Crippen LogP contribution in [-0.2, 0) is 24.1 Å². The molecule has 0 aromatic heterocycles. The monoisotopic (exact) mass is 415 g/mol. The predicted molar refractivity (Wildman–Crippen MR) is 117 cm³/mol. The molecule has 1 amide bonds. The highest BCUT2D eigenvalue weighted by Gasteiger charge is 2.29. The van der Waals surface area contributed by atoms with Gasteiger partial charge in [0.1, 0.15) is 11.4 Å². The number of ether oxygens (including phenoxy) is 2. The highest BCUT2D eigenvalue weighted by atomic mass is 35.5. The molecule has 0 radical (unpaired) electrons. The van der Waals surface area contributed by atoms with E-state index >= 15 is 0 Å². The Hall–Kier alpha value is -2.20. The Morgan fingerprint density at radius 3 is 2.69 bits per heavy atom. The number of aryl methyl sites for hydroxylation is 1. The zero-order chi connectivity index (χ0) is 20.9. The van der Waals surface area contributed by atoms with Gasteiger partial charge in [0.05, 0.1) is 12.1 Å². The van der Waals surface area contributed by atoms with E-state index in [1.54, 1.807) is 7.11 Å². The second kappa shape index (κ2) is 9.53. The van der Waals surface area contributed by atoms with Crippen molar-refractivity contribution in [1.82, 2.24) is 5.32 Å². The first-order valence-corrected chi connectivity index (χ1v) is 10.6. The van der Waals surface area contributed by atoms with Crippen molar-refractivity contribution in [3.8, 4) is 5.75 Å². The normalized spacial score (nSPS) is 16.5. The molecule has 2 aromatic rings. The van der Waals surface area contributed by atoms with E-state index in [0.29, 0.717) is 17.5 Å². The van der Waals surface area contributed by atoms with Gasteiger partial charge in [-0.1, -0.05) is 41.9 Å². The maximum Gasteiger partial charge on any atom is 0.407 e. The lowest BCUT2D eigenvalue weighted by molar-refractivity contribution is 0.0195. The number of hydrogen-bond acceptors (Lipinski definition) is 3. The van der Waals surface area contributed by atoms with Gasteiger partial charge in [0.2, 0.25) is 0 Å². The molecule has 1 atom stereocenters. The molecule has 156 valence electrons. The number of nitrogens with one attached hydrogen (secondary N) is 1. The summed E-state index contributed by atoms with van der Waals surface area (Å²) in [5.41, 5.74) is 3.11. The predicted octanol–water partition coefficient (Wildman–Crippen LogP) is 5.94. The van der Waals surface area contributed by atoms with E-state index in [9.17, 15) is 4.79 Å². The van der Waals surface area contributed by atoms with E-state index < -0.39 is 5.60 Å². The minimum atomic E-state index is -0.535. The second-order valence-electron chi connectivity index (χ2n) is 8.41. The first-order valence-electron chi connectivity index (χ1n) is 10.2. The number of alkyl carbamates (subject to hydrolysis) is 1. The van der Waals surface area contributed by atoms with Gasteiger partial charge in [-0.25, -0.2) is 4.79 Å². The number of benzene rings is 2. The maximum absolute atomic E-state index is 12.3. The Balaban J connectivity index is 1.58. The molecule has 2 aromatic carbocycles. The Morgan fingerprint density at radius 1 is 1.21 bits per heavy atom. The van der Waals surface area contributed by atoms with Gasteiger partial charge < -0.3 is 14.8 Å². The van der Waals surface area contributed by atoms with E-state index in [0.717, 1.165) is 43.4 Å².